The van der Waals surface area contributed by atoms with Crippen molar-refractivity contribution < 1.29 is 14.3 Å². The molecule has 1 aliphatic carbocycles. The number of rotatable bonds is 5. The summed E-state index contributed by atoms with van der Waals surface area (Å²) < 4.78 is 5.50. The van der Waals surface area contributed by atoms with E-state index in [0.29, 0.717) is 48.4 Å². The van der Waals surface area contributed by atoms with E-state index in [4.69, 9.17) is 16.3 Å². The Balaban J connectivity index is 1.52. The SMILES string of the molecule is O=C(NC1CC1)c1ccc(NC(=O)C2(c3cccc(Cl)c3)CCOCC2)cc1. The predicted octanol–water partition coefficient (Wildman–Crippen LogP) is 3.92. The molecule has 0 aromatic heterocycles. The first-order valence-corrected chi connectivity index (χ1v) is 10.0. The Hall–Kier alpha value is -2.37. The van der Waals surface area contributed by atoms with E-state index in [1.165, 1.54) is 0 Å². The van der Waals surface area contributed by atoms with E-state index in [1.54, 1.807) is 30.3 Å². The quantitative estimate of drug-likeness (QED) is 0.802. The van der Waals surface area contributed by atoms with Gasteiger partial charge in [-0.05, 0) is 67.6 Å². The van der Waals surface area contributed by atoms with E-state index in [2.05, 4.69) is 10.6 Å². The molecule has 1 aliphatic heterocycles. The van der Waals surface area contributed by atoms with Gasteiger partial charge in [-0.1, -0.05) is 23.7 Å². The summed E-state index contributed by atoms with van der Waals surface area (Å²) >= 11 is 6.18. The summed E-state index contributed by atoms with van der Waals surface area (Å²) in [5.74, 6) is -0.145. The number of amides is 2. The maximum atomic E-state index is 13.3. The number of ether oxygens (including phenoxy) is 1. The molecule has 146 valence electrons. The fourth-order valence-electron chi connectivity index (χ4n) is 3.60. The molecule has 0 unspecified atom stereocenters. The zero-order chi connectivity index (χ0) is 19.6. The van der Waals surface area contributed by atoms with Gasteiger partial charge in [-0.15, -0.1) is 0 Å². The van der Waals surface area contributed by atoms with Crippen LogP contribution in [0.25, 0.3) is 0 Å². The Morgan fingerprint density at radius 2 is 1.75 bits per heavy atom. The average molecular weight is 399 g/mol. The van der Waals surface area contributed by atoms with Crippen molar-refractivity contribution in [2.24, 2.45) is 0 Å². The number of nitrogens with one attached hydrogen (secondary N) is 2. The zero-order valence-corrected chi connectivity index (χ0v) is 16.3. The second kappa shape index (κ2) is 7.94. The number of hydrogen-bond acceptors (Lipinski definition) is 3. The summed E-state index contributed by atoms with van der Waals surface area (Å²) in [6.45, 7) is 1.06. The summed E-state index contributed by atoms with van der Waals surface area (Å²) in [4.78, 5) is 25.4. The maximum Gasteiger partial charge on any atom is 0.251 e. The van der Waals surface area contributed by atoms with Crippen molar-refractivity contribution in [3.05, 3.63) is 64.7 Å². The molecule has 2 aromatic carbocycles. The molecule has 6 heteroatoms. The van der Waals surface area contributed by atoms with Gasteiger partial charge in [-0.25, -0.2) is 0 Å². The molecule has 2 amide bonds. The van der Waals surface area contributed by atoms with Gasteiger partial charge in [0.1, 0.15) is 0 Å². The van der Waals surface area contributed by atoms with Crippen LogP contribution in [0.5, 0.6) is 0 Å². The lowest BCUT2D eigenvalue weighted by atomic mass is 9.73. The van der Waals surface area contributed by atoms with E-state index in [0.717, 1.165) is 18.4 Å². The lowest BCUT2D eigenvalue weighted by Gasteiger charge is -2.36. The highest BCUT2D eigenvalue weighted by atomic mass is 35.5. The average Bonchev–Trinajstić information content (AvgIpc) is 3.53. The van der Waals surface area contributed by atoms with E-state index >= 15 is 0 Å². The Kier molecular flexibility index (Phi) is 5.38. The Morgan fingerprint density at radius 3 is 2.39 bits per heavy atom. The maximum absolute atomic E-state index is 13.3. The summed E-state index contributed by atoms with van der Waals surface area (Å²) in [5.41, 5.74) is 1.49. The second-order valence-electron chi connectivity index (χ2n) is 7.48. The van der Waals surface area contributed by atoms with Crippen LogP contribution in [0.2, 0.25) is 5.02 Å². The third kappa shape index (κ3) is 4.05. The van der Waals surface area contributed by atoms with Gasteiger partial charge in [0.25, 0.3) is 5.91 Å². The van der Waals surface area contributed by atoms with E-state index in [1.807, 2.05) is 18.2 Å². The second-order valence-corrected chi connectivity index (χ2v) is 7.92. The number of benzene rings is 2. The minimum atomic E-state index is -0.675. The van der Waals surface area contributed by atoms with Crippen LogP contribution in [0.1, 0.15) is 41.6 Å². The Morgan fingerprint density at radius 1 is 1.04 bits per heavy atom. The van der Waals surface area contributed by atoms with Crippen LogP contribution in [0, 0.1) is 0 Å². The molecular formula is C22H23ClN2O3. The topological polar surface area (TPSA) is 67.4 Å². The van der Waals surface area contributed by atoms with Crippen molar-refractivity contribution >= 4 is 29.1 Å². The van der Waals surface area contributed by atoms with Gasteiger partial charge in [0, 0.05) is 35.5 Å². The summed E-state index contributed by atoms with van der Waals surface area (Å²) in [5, 5.41) is 6.60. The molecule has 1 heterocycles. The molecule has 28 heavy (non-hydrogen) atoms. The lowest BCUT2D eigenvalue weighted by molar-refractivity contribution is -0.125. The fraction of sp³-hybridized carbons (Fsp3) is 0.364. The highest BCUT2D eigenvalue weighted by Crippen LogP contribution is 2.37. The molecule has 5 nitrogen and oxygen atoms in total. The number of carbonyl (C=O) groups excluding carboxylic acids is 2. The third-order valence-electron chi connectivity index (χ3n) is 5.48. The smallest absolute Gasteiger partial charge is 0.251 e. The van der Waals surface area contributed by atoms with Crippen LogP contribution < -0.4 is 10.6 Å². The van der Waals surface area contributed by atoms with E-state index < -0.39 is 5.41 Å². The van der Waals surface area contributed by atoms with Crippen LogP contribution in [-0.4, -0.2) is 31.1 Å². The first-order valence-electron chi connectivity index (χ1n) is 9.63. The minimum absolute atomic E-state index is 0.0693. The molecule has 2 aliphatic rings. The highest BCUT2D eigenvalue weighted by molar-refractivity contribution is 6.30. The van der Waals surface area contributed by atoms with Crippen LogP contribution >= 0.6 is 11.6 Å². The number of hydrogen-bond donors (Lipinski definition) is 2. The monoisotopic (exact) mass is 398 g/mol. The summed E-state index contributed by atoms with van der Waals surface area (Å²) in [7, 11) is 0. The molecule has 1 saturated heterocycles. The number of carbonyl (C=O) groups is 2. The standard InChI is InChI=1S/C22H23ClN2O3/c23-17-3-1-2-16(14-17)22(10-12-28-13-11-22)21(27)25-19-6-4-15(5-7-19)20(26)24-18-8-9-18/h1-7,14,18H,8-13H2,(H,24,26)(H,25,27). The molecule has 0 radical (unpaired) electrons. The van der Waals surface area contributed by atoms with Crippen LogP contribution in [0.15, 0.2) is 48.5 Å². The molecule has 2 fully saturated rings. The van der Waals surface area contributed by atoms with Crippen molar-refractivity contribution in [1.82, 2.24) is 5.32 Å². The normalized spacial score (nSPS) is 18.3. The van der Waals surface area contributed by atoms with Crippen LogP contribution in [0.4, 0.5) is 5.69 Å². The number of halogens is 1. The highest BCUT2D eigenvalue weighted by Gasteiger charge is 2.41. The fourth-order valence-corrected chi connectivity index (χ4v) is 3.80. The van der Waals surface area contributed by atoms with E-state index in [9.17, 15) is 9.59 Å². The van der Waals surface area contributed by atoms with Crippen molar-refractivity contribution in [3.63, 3.8) is 0 Å². The van der Waals surface area contributed by atoms with Gasteiger partial charge in [0.2, 0.25) is 5.91 Å². The van der Waals surface area contributed by atoms with Crippen LogP contribution in [0.3, 0.4) is 0 Å². The zero-order valence-electron chi connectivity index (χ0n) is 15.5. The van der Waals surface area contributed by atoms with Crippen LogP contribution in [-0.2, 0) is 14.9 Å². The van der Waals surface area contributed by atoms with Gasteiger partial charge < -0.3 is 15.4 Å². The van der Waals surface area contributed by atoms with Gasteiger partial charge in [0.05, 0.1) is 5.41 Å². The summed E-state index contributed by atoms with van der Waals surface area (Å²) in [6.07, 6.45) is 3.30. The van der Waals surface area contributed by atoms with Gasteiger partial charge in [0.15, 0.2) is 0 Å². The van der Waals surface area contributed by atoms with Crippen molar-refractivity contribution in [1.29, 1.82) is 0 Å². The molecular weight excluding hydrogens is 376 g/mol. The molecule has 0 atom stereocenters. The number of anilines is 1. The first-order chi connectivity index (χ1) is 13.6. The van der Waals surface area contributed by atoms with Crippen molar-refractivity contribution in [3.8, 4) is 0 Å². The lowest BCUT2D eigenvalue weighted by Crippen LogP contribution is -2.44. The molecule has 1 saturated carbocycles. The molecule has 0 spiro atoms. The molecule has 2 N–H and O–H groups in total. The molecule has 0 bridgehead atoms. The molecule has 2 aromatic rings. The Labute approximate surface area is 169 Å². The van der Waals surface area contributed by atoms with Gasteiger partial charge in [-0.3, -0.25) is 9.59 Å². The van der Waals surface area contributed by atoms with Gasteiger partial charge in [-0.2, -0.15) is 0 Å². The molecule has 4 rings (SSSR count). The predicted molar refractivity (Wildman–Crippen MR) is 109 cm³/mol. The minimum Gasteiger partial charge on any atom is -0.381 e. The summed E-state index contributed by atoms with van der Waals surface area (Å²) in [6, 6.07) is 14.8. The Bertz CT molecular complexity index is 872. The first kappa shape index (κ1) is 19.0. The van der Waals surface area contributed by atoms with Gasteiger partial charge >= 0.3 is 0 Å². The van der Waals surface area contributed by atoms with Crippen molar-refractivity contribution in [2.75, 3.05) is 18.5 Å². The van der Waals surface area contributed by atoms with Crippen molar-refractivity contribution in [2.45, 2.75) is 37.1 Å². The largest absolute Gasteiger partial charge is 0.381 e. The van der Waals surface area contributed by atoms with E-state index in [-0.39, 0.29) is 11.8 Å². The third-order valence-corrected chi connectivity index (χ3v) is 5.71.